The lowest BCUT2D eigenvalue weighted by atomic mass is 10.1. The molecule has 0 aromatic heterocycles. The first-order valence-corrected chi connectivity index (χ1v) is 6.46. The van der Waals surface area contributed by atoms with E-state index in [1.807, 2.05) is 45.0 Å². The van der Waals surface area contributed by atoms with Gasteiger partial charge in [0.25, 0.3) is 0 Å². The number of esters is 1. The topological polar surface area (TPSA) is 38.3 Å². The highest BCUT2D eigenvalue weighted by Crippen LogP contribution is 2.17. The zero-order valence-electron chi connectivity index (χ0n) is 10.4. The minimum atomic E-state index is -0.221. The van der Waals surface area contributed by atoms with Gasteiger partial charge < -0.3 is 10.1 Å². The third-order valence-corrected chi connectivity index (χ3v) is 2.76. The van der Waals surface area contributed by atoms with E-state index in [0.717, 1.165) is 10.0 Å². The van der Waals surface area contributed by atoms with E-state index in [-0.39, 0.29) is 24.7 Å². The minimum Gasteiger partial charge on any atom is -0.462 e. The van der Waals surface area contributed by atoms with Crippen molar-refractivity contribution in [2.75, 3.05) is 6.54 Å². The summed E-state index contributed by atoms with van der Waals surface area (Å²) in [5.74, 6) is -0.221. The molecule has 1 rings (SSSR count). The predicted molar refractivity (Wildman–Crippen MR) is 71.8 cm³/mol. The maximum absolute atomic E-state index is 11.4. The van der Waals surface area contributed by atoms with Crippen LogP contribution >= 0.6 is 15.9 Å². The van der Waals surface area contributed by atoms with Crippen LogP contribution in [-0.4, -0.2) is 18.6 Å². The molecule has 17 heavy (non-hydrogen) atoms. The quantitative estimate of drug-likeness (QED) is 0.849. The van der Waals surface area contributed by atoms with Crippen molar-refractivity contribution in [3.63, 3.8) is 0 Å². The molecule has 0 heterocycles. The molecule has 4 heteroatoms. The fourth-order valence-corrected chi connectivity index (χ4v) is 1.85. The Morgan fingerprint density at radius 2 is 2.12 bits per heavy atom. The fourth-order valence-electron chi connectivity index (χ4n) is 1.43. The molecule has 0 spiro atoms. The van der Waals surface area contributed by atoms with E-state index in [0.29, 0.717) is 0 Å². The van der Waals surface area contributed by atoms with Gasteiger partial charge in [-0.25, -0.2) is 0 Å². The van der Waals surface area contributed by atoms with Gasteiger partial charge in [-0.05, 0) is 38.5 Å². The van der Waals surface area contributed by atoms with Gasteiger partial charge >= 0.3 is 5.97 Å². The molecular formula is C13H18BrNO2. The van der Waals surface area contributed by atoms with Gasteiger partial charge in [-0.1, -0.05) is 28.1 Å². The molecule has 0 saturated heterocycles. The standard InChI is InChI=1S/C13H18BrNO2/c1-9(2)17-13(16)8-15-10(3)11-5-4-6-12(14)7-11/h4-7,9-10,15H,8H2,1-3H3/t10-/m0/s1. The molecule has 1 aromatic carbocycles. The van der Waals surface area contributed by atoms with Crippen molar-refractivity contribution in [3.05, 3.63) is 34.3 Å². The van der Waals surface area contributed by atoms with E-state index < -0.39 is 0 Å². The zero-order chi connectivity index (χ0) is 12.8. The van der Waals surface area contributed by atoms with Crippen molar-refractivity contribution < 1.29 is 9.53 Å². The molecule has 0 unspecified atom stereocenters. The fraction of sp³-hybridized carbons (Fsp3) is 0.462. The van der Waals surface area contributed by atoms with Gasteiger partial charge in [-0.2, -0.15) is 0 Å². The molecule has 0 aliphatic carbocycles. The SMILES string of the molecule is CC(C)OC(=O)CN[C@@H](C)c1cccc(Br)c1. The maximum atomic E-state index is 11.4. The molecule has 1 aromatic rings. The van der Waals surface area contributed by atoms with Crippen molar-refractivity contribution >= 4 is 21.9 Å². The van der Waals surface area contributed by atoms with E-state index >= 15 is 0 Å². The molecule has 94 valence electrons. The van der Waals surface area contributed by atoms with Crippen LogP contribution in [0, 0.1) is 0 Å². The average Bonchev–Trinajstić information content (AvgIpc) is 2.25. The molecule has 0 aliphatic rings. The van der Waals surface area contributed by atoms with Crippen LogP contribution in [0.3, 0.4) is 0 Å². The van der Waals surface area contributed by atoms with Crippen molar-refractivity contribution in [3.8, 4) is 0 Å². The van der Waals surface area contributed by atoms with Crippen LogP contribution in [0.25, 0.3) is 0 Å². The van der Waals surface area contributed by atoms with Gasteiger partial charge in [-0.3, -0.25) is 4.79 Å². The lowest BCUT2D eigenvalue weighted by Crippen LogP contribution is -2.28. The number of hydrogen-bond donors (Lipinski definition) is 1. The van der Waals surface area contributed by atoms with Crippen LogP contribution in [0.5, 0.6) is 0 Å². The summed E-state index contributed by atoms with van der Waals surface area (Å²) in [4.78, 5) is 11.4. The summed E-state index contributed by atoms with van der Waals surface area (Å²) in [6, 6.07) is 8.13. The van der Waals surface area contributed by atoms with Crippen LogP contribution in [0.15, 0.2) is 28.7 Å². The highest BCUT2D eigenvalue weighted by Gasteiger charge is 2.09. The smallest absolute Gasteiger partial charge is 0.320 e. The summed E-state index contributed by atoms with van der Waals surface area (Å²) < 4.78 is 6.09. The van der Waals surface area contributed by atoms with Crippen LogP contribution in [0.1, 0.15) is 32.4 Å². The van der Waals surface area contributed by atoms with Gasteiger partial charge in [0.05, 0.1) is 12.6 Å². The first kappa shape index (κ1) is 14.2. The average molecular weight is 300 g/mol. The number of benzene rings is 1. The van der Waals surface area contributed by atoms with E-state index in [2.05, 4.69) is 21.2 Å². The normalized spacial score (nSPS) is 12.5. The Balaban J connectivity index is 2.44. The number of nitrogens with one attached hydrogen (secondary N) is 1. The summed E-state index contributed by atoms with van der Waals surface area (Å²) >= 11 is 3.42. The second-order valence-corrected chi connectivity index (χ2v) is 5.11. The molecule has 0 radical (unpaired) electrons. The van der Waals surface area contributed by atoms with Crippen molar-refractivity contribution in [1.82, 2.24) is 5.32 Å². The maximum Gasteiger partial charge on any atom is 0.320 e. The second-order valence-electron chi connectivity index (χ2n) is 4.20. The van der Waals surface area contributed by atoms with E-state index in [4.69, 9.17) is 4.74 Å². The molecule has 0 fully saturated rings. The summed E-state index contributed by atoms with van der Waals surface area (Å²) in [7, 11) is 0. The lowest BCUT2D eigenvalue weighted by molar-refractivity contribution is -0.146. The Kier molecular flexibility index (Phi) is 5.65. The third kappa shape index (κ3) is 5.33. The van der Waals surface area contributed by atoms with Crippen LogP contribution in [0.4, 0.5) is 0 Å². The van der Waals surface area contributed by atoms with E-state index in [1.165, 1.54) is 0 Å². The molecule has 0 amide bonds. The Hall–Kier alpha value is -0.870. The molecule has 3 nitrogen and oxygen atoms in total. The number of carbonyl (C=O) groups excluding carboxylic acids is 1. The summed E-state index contributed by atoms with van der Waals surface area (Å²) in [5.41, 5.74) is 1.14. The Bertz CT molecular complexity index is 379. The number of carbonyl (C=O) groups is 1. The summed E-state index contributed by atoms with van der Waals surface area (Å²) in [6.07, 6.45) is -0.0644. The van der Waals surface area contributed by atoms with E-state index in [1.54, 1.807) is 0 Å². The van der Waals surface area contributed by atoms with Gasteiger partial charge in [0.1, 0.15) is 0 Å². The molecule has 1 N–H and O–H groups in total. The second kappa shape index (κ2) is 6.77. The zero-order valence-corrected chi connectivity index (χ0v) is 12.0. The number of rotatable bonds is 5. The van der Waals surface area contributed by atoms with Crippen LogP contribution in [-0.2, 0) is 9.53 Å². The monoisotopic (exact) mass is 299 g/mol. The van der Waals surface area contributed by atoms with Gasteiger partial charge in [0.2, 0.25) is 0 Å². The number of hydrogen-bond acceptors (Lipinski definition) is 3. The Morgan fingerprint density at radius 3 is 2.71 bits per heavy atom. The first-order chi connectivity index (χ1) is 7.99. The van der Waals surface area contributed by atoms with Gasteiger partial charge in [0, 0.05) is 10.5 Å². The van der Waals surface area contributed by atoms with Crippen molar-refractivity contribution in [2.45, 2.75) is 32.9 Å². The lowest BCUT2D eigenvalue weighted by Gasteiger charge is -2.15. The summed E-state index contributed by atoms with van der Waals surface area (Å²) in [5, 5.41) is 3.14. The van der Waals surface area contributed by atoms with Crippen molar-refractivity contribution in [2.24, 2.45) is 0 Å². The summed E-state index contributed by atoms with van der Waals surface area (Å²) in [6.45, 7) is 5.93. The largest absolute Gasteiger partial charge is 0.462 e. The third-order valence-electron chi connectivity index (χ3n) is 2.27. The predicted octanol–water partition coefficient (Wildman–Crippen LogP) is 3.05. The molecule has 0 saturated carbocycles. The number of halogens is 1. The highest BCUT2D eigenvalue weighted by atomic mass is 79.9. The molecular weight excluding hydrogens is 282 g/mol. The minimum absolute atomic E-state index is 0.0644. The first-order valence-electron chi connectivity index (χ1n) is 5.67. The van der Waals surface area contributed by atoms with Crippen LogP contribution in [0.2, 0.25) is 0 Å². The molecule has 0 bridgehead atoms. The van der Waals surface area contributed by atoms with E-state index in [9.17, 15) is 4.79 Å². The van der Waals surface area contributed by atoms with Crippen molar-refractivity contribution in [1.29, 1.82) is 0 Å². The highest BCUT2D eigenvalue weighted by molar-refractivity contribution is 9.10. The Labute approximate surface area is 111 Å². The number of ether oxygens (including phenoxy) is 1. The molecule has 1 atom stereocenters. The molecule has 0 aliphatic heterocycles. The van der Waals surface area contributed by atoms with Crippen LogP contribution < -0.4 is 5.32 Å². The van der Waals surface area contributed by atoms with Gasteiger partial charge in [-0.15, -0.1) is 0 Å². The Morgan fingerprint density at radius 1 is 1.41 bits per heavy atom. The van der Waals surface area contributed by atoms with Gasteiger partial charge in [0.15, 0.2) is 0 Å².